The fraction of sp³-hybridized carbons (Fsp3) is 0.588. The number of nitrogens with two attached hydrogens (primary N) is 1. The summed E-state index contributed by atoms with van der Waals surface area (Å²) in [5, 5.41) is 6.06. The van der Waals surface area contributed by atoms with Gasteiger partial charge in [0.15, 0.2) is 0 Å². The number of fused-ring (bicyclic) bond motifs is 2. The number of benzene rings is 1. The molecular formula is C17H26N4O. The Hall–Kier alpha value is -1.59. The van der Waals surface area contributed by atoms with Crippen molar-refractivity contribution in [3.63, 3.8) is 0 Å². The Kier molecular flexibility index (Phi) is 4.64. The van der Waals surface area contributed by atoms with Crippen LogP contribution in [0.25, 0.3) is 0 Å². The molecule has 2 amide bonds. The lowest BCUT2D eigenvalue weighted by atomic mass is 9.82. The van der Waals surface area contributed by atoms with Crippen LogP contribution in [0.1, 0.15) is 37.7 Å². The molecule has 0 radical (unpaired) electrons. The molecule has 4 N–H and O–H groups in total. The first-order chi connectivity index (χ1) is 10.7. The normalized spacial score (nSPS) is 28.2. The first-order valence-electron chi connectivity index (χ1n) is 8.24. The van der Waals surface area contributed by atoms with Crippen LogP contribution in [0.15, 0.2) is 24.3 Å². The number of hydrogen-bond acceptors (Lipinski definition) is 3. The van der Waals surface area contributed by atoms with E-state index in [2.05, 4.69) is 22.6 Å². The maximum absolute atomic E-state index is 12.2. The van der Waals surface area contributed by atoms with Gasteiger partial charge in [-0.05, 0) is 50.4 Å². The molecule has 2 fully saturated rings. The third-order valence-electron chi connectivity index (χ3n) is 5.12. The maximum Gasteiger partial charge on any atom is 0.319 e. The number of carbonyl (C=O) groups is 1. The highest BCUT2D eigenvalue weighted by atomic mass is 16.2. The average molecular weight is 302 g/mol. The molecule has 0 saturated carbocycles. The van der Waals surface area contributed by atoms with E-state index in [1.165, 1.54) is 19.3 Å². The number of nitrogens with one attached hydrogen (secondary N) is 2. The van der Waals surface area contributed by atoms with Gasteiger partial charge in [0.05, 0.1) is 0 Å². The Morgan fingerprint density at radius 1 is 1.23 bits per heavy atom. The van der Waals surface area contributed by atoms with Crippen molar-refractivity contribution >= 4 is 11.7 Å². The molecule has 1 aromatic carbocycles. The van der Waals surface area contributed by atoms with Gasteiger partial charge < -0.3 is 21.3 Å². The summed E-state index contributed by atoms with van der Waals surface area (Å²) in [5.41, 5.74) is 7.45. The molecular weight excluding hydrogens is 276 g/mol. The van der Waals surface area contributed by atoms with E-state index in [0.29, 0.717) is 18.6 Å². The topological polar surface area (TPSA) is 70.4 Å². The molecule has 0 spiro atoms. The van der Waals surface area contributed by atoms with Gasteiger partial charge >= 0.3 is 6.03 Å². The summed E-state index contributed by atoms with van der Waals surface area (Å²) in [6.07, 6.45) is 5.96. The smallest absolute Gasteiger partial charge is 0.319 e. The van der Waals surface area contributed by atoms with Gasteiger partial charge in [-0.2, -0.15) is 0 Å². The van der Waals surface area contributed by atoms with E-state index in [1.54, 1.807) is 0 Å². The number of carbonyl (C=O) groups excluding carboxylic acids is 1. The van der Waals surface area contributed by atoms with Gasteiger partial charge in [-0.1, -0.05) is 18.6 Å². The first-order valence-corrected chi connectivity index (χ1v) is 8.24. The minimum Gasteiger partial charge on any atom is -0.335 e. The first kappa shape index (κ1) is 15.3. The largest absolute Gasteiger partial charge is 0.335 e. The summed E-state index contributed by atoms with van der Waals surface area (Å²) < 4.78 is 0. The summed E-state index contributed by atoms with van der Waals surface area (Å²) in [7, 11) is 2.23. The van der Waals surface area contributed by atoms with Gasteiger partial charge in [0.25, 0.3) is 0 Å². The van der Waals surface area contributed by atoms with Crippen LogP contribution < -0.4 is 16.4 Å². The molecule has 1 aromatic rings. The predicted octanol–water partition coefficient (Wildman–Crippen LogP) is 2.28. The van der Waals surface area contributed by atoms with Gasteiger partial charge in [-0.15, -0.1) is 0 Å². The molecule has 0 aliphatic carbocycles. The van der Waals surface area contributed by atoms with Crippen molar-refractivity contribution in [3.8, 4) is 0 Å². The van der Waals surface area contributed by atoms with Crippen molar-refractivity contribution in [3.05, 3.63) is 29.8 Å². The monoisotopic (exact) mass is 302 g/mol. The van der Waals surface area contributed by atoms with E-state index in [4.69, 9.17) is 5.73 Å². The average Bonchev–Trinajstić information content (AvgIpc) is 2.49. The van der Waals surface area contributed by atoms with Crippen LogP contribution in [-0.4, -0.2) is 36.1 Å². The summed E-state index contributed by atoms with van der Waals surface area (Å²) >= 11 is 0. The fourth-order valence-electron chi connectivity index (χ4n) is 3.81. The lowest BCUT2D eigenvalue weighted by molar-refractivity contribution is 0.0513. The zero-order valence-corrected chi connectivity index (χ0v) is 13.2. The SMILES string of the molecule is CN1C2CCCC1CC(NC(=O)Nc1ccc(CN)cc1)C2. The molecule has 3 rings (SSSR count). The lowest BCUT2D eigenvalue weighted by Crippen LogP contribution is -2.55. The summed E-state index contributed by atoms with van der Waals surface area (Å²) in [6, 6.07) is 9.10. The van der Waals surface area contributed by atoms with E-state index < -0.39 is 0 Å². The molecule has 2 unspecified atom stereocenters. The van der Waals surface area contributed by atoms with E-state index in [0.717, 1.165) is 24.1 Å². The Morgan fingerprint density at radius 3 is 2.45 bits per heavy atom. The molecule has 2 saturated heterocycles. The third kappa shape index (κ3) is 3.42. The molecule has 2 aliphatic heterocycles. The predicted molar refractivity (Wildman–Crippen MR) is 88.7 cm³/mol. The summed E-state index contributed by atoms with van der Waals surface area (Å²) in [4.78, 5) is 14.7. The standard InChI is InChI=1S/C17H26N4O/c1-21-15-3-2-4-16(21)10-14(9-15)20-17(22)19-13-7-5-12(11-18)6-8-13/h5-8,14-16H,2-4,9-11,18H2,1H3,(H2,19,20,22). The second kappa shape index (κ2) is 6.67. The number of amides is 2. The van der Waals surface area contributed by atoms with E-state index in [9.17, 15) is 4.79 Å². The van der Waals surface area contributed by atoms with Gasteiger partial charge in [0, 0.05) is 30.4 Å². The molecule has 22 heavy (non-hydrogen) atoms. The maximum atomic E-state index is 12.2. The zero-order chi connectivity index (χ0) is 15.5. The molecule has 2 heterocycles. The number of urea groups is 1. The third-order valence-corrected chi connectivity index (χ3v) is 5.12. The highest BCUT2D eigenvalue weighted by Crippen LogP contribution is 2.32. The molecule has 5 heteroatoms. The van der Waals surface area contributed by atoms with E-state index in [-0.39, 0.29) is 12.1 Å². The molecule has 2 atom stereocenters. The summed E-state index contributed by atoms with van der Waals surface area (Å²) in [6.45, 7) is 0.519. The Balaban J connectivity index is 1.53. The van der Waals surface area contributed by atoms with Crippen molar-refractivity contribution in [2.75, 3.05) is 12.4 Å². The lowest BCUT2D eigenvalue weighted by Gasteiger charge is -2.47. The highest BCUT2D eigenvalue weighted by Gasteiger charge is 2.36. The molecule has 0 aromatic heterocycles. The van der Waals surface area contributed by atoms with Crippen LogP contribution >= 0.6 is 0 Å². The van der Waals surface area contributed by atoms with E-state index in [1.807, 2.05) is 24.3 Å². The number of anilines is 1. The molecule has 2 bridgehead atoms. The van der Waals surface area contributed by atoms with Crippen molar-refractivity contribution in [1.82, 2.24) is 10.2 Å². The second-order valence-electron chi connectivity index (χ2n) is 6.57. The van der Waals surface area contributed by atoms with Crippen molar-refractivity contribution in [2.24, 2.45) is 5.73 Å². The minimum absolute atomic E-state index is 0.104. The van der Waals surface area contributed by atoms with Gasteiger partial charge in [0.2, 0.25) is 0 Å². The molecule has 120 valence electrons. The minimum atomic E-state index is -0.104. The van der Waals surface area contributed by atoms with Gasteiger partial charge in [0.1, 0.15) is 0 Å². The number of rotatable bonds is 3. The van der Waals surface area contributed by atoms with Crippen LogP contribution in [0.4, 0.5) is 10.5 Å². The van der Waals surface area contributed by atoms with Gasteiger partial charge in [-0.25, -0.2) is 4.79 Å². The number of nitrogens with zero attached hydrogens (tertiary/aromatic N) is 1. The van der Waals surface area contributed by atoms with Crippen LogP contribution in [0, 0.1) is 0 Å². The summed E-state index contributed by atoms with van der Waals surface area (Å²) in [5.74, 6) is 0. The number of piperidine rings is 2. The van der Waals surface area contributed by atoms with Crippen LogP contribution in [-0.2, 0) is 6.54 Å². The zero-order valence-electron chi connectivity index (χ0n) is 13.2. The molecule has 2 aliphatic rings. The Bertz CT molecular complexity index is 502. The molecule has 5 nitrogen and oxygen atoms in total. The van der Waals surface area contributed by atoms with Crippen molar-refractivity contribution < 1.29 is 4.79 Å². The second-order valence-corrected chi connectivity index (χ2v) is 6.57. The fourth-order valence-corrected chi connectivity index (χ4v) is 3.81. The van der Waals surface area contributed by atoms with Crippen molar-refractivity contribution in [1.29, 1.82) is 0 Å². The van der Waals surface area contributed by atoms with Crippen molar-refractivity contribution in [2.45, 2.75) is 56.8 Å². The highest BCUT2D eigenvalue weighted by molar-refractivity contribution is 5.89. The van der Waals surface area contributed by atoms with Crippen LogP contribution in [0.5, 0.6) is 0 Å². The van der Waals surface area contributed by atoms with E-state index >= 15 is 0 Å². The van der Waals surface area contributed by atoms with Crippen LogP contribution in [0.2, 0.25) is 0 Å². The quantitative estimate of drug-likeness (QED) is 0.802. The number of hydrogen-bond donors (Lipinski definition) is 3. The van der Waals surface area contributed by atoms with Crippen LogP contribution in [0.3, 0.4) is 0 Å². The van der Waals surface area contributed by atoms with Gasteiger partial charge in [-0.3, -0.25) is 0 Å². The Morgan fingerprint density at radius 2 is 1.86 bits per heavy atom. The Labute approximate surface area is 132 Å².